The van der Waals surface area contributed by atoms with Crippen LogP contribution < -0.4 is 0 Å². The Morgan fingerprint density at radius 2 is 0.780 bits per heavy atom. The summed E-state index contributed by atoms with van der Waals surface area (Å²) in [5.41, 5.74) is 1.80. The van der Waals surface area contributed by atoms with Crippen LogP contribution in [-0.4, -0.2) is 9.13 Å². The molecule has 0 fully saturated rings. The van der Waals surface area contributed by atoms with Gasteiger partial charge >= 0.3 is 0 Å². The Morgan fingerprint density at radius 1 is 0.320 bits per heavy atom. The molecule has 0 atom stereocenters. The molecule has 2 nitrogen and oxygen atoms in total. The van der Waals surface area contributed by atoms with Gasteiger partial charge in [-0.1, -0.05) is 133 Å². The lowest BCUT2D eigenvalue weighted by atomic mass is 10.0. The summed E-state index contributed by atoms with van der Waals surface area (Å²) in [4.78, 5) is 0. The number of hydrogen-bond donors (Lipinski definition) is 0. The van der Waals surface area contributed by atoms with Crippen LogP contribution >= 0.6 is 0 Å². The van der Waals surface area contributed by atoms with Crippen LogP contribution in [-0.2, 0) is 0 Å². The summed E-state index contributed by atoms with van der Waals surface area (Å²) in [5, 5.41) is 2.82. The molecule has 234 valence electrons. The van der Waals surface area contributed by atoms with Crippen molar-refractivity contribution in [3.05, 3.63) is 194 Å². The summed E-state index contributed by atoms with van der Waals surface area (Å²) in [6, 6.07) is 14.8. The largest absolute Gasteiger partial charge is 0.309 e. The van der Waals surface area contributed by atoms with Crippen molar-refractivity contribution in [3.63, 3.8) is 0 Å². The van der Waals surface area contributed by atoms with Gasteiger partial charge in [0, 0.05) is 32.9 Å². The van der Waals surface area contributed by atoms with Crippen molar-refractivity contribution in [2.24, 2.45) is 0 Å². The first kappa shape index (κ1) is 15.7. The highest BCUT2D eigenvalue weighted by atomic mass is 15.0. The van der Waals surface area contributed by atoms with E-state index in [1.54, 1.807) is 45.5 Å². The van der Waals surface area contributed by atoms with E-state index in [9.17, 15) is 4.11 Å². The van der Waals surface area contributed by atoms with Crippen LogP contribution in [0.5, 0.6) is 0 Å². The van der Waals surface area contributed by atoms with Gasteiger partial charge in [-0.3, -0.25) is 0 Å². The molecule has 0 radical (unpaired) electrons. The Kier molecular flexibility index (Phi) is 3.62. The highest BCUT2D eigenvalue weighted by molar-refractivity contribution is 6.12. The number of fused-ring (bicyclic) bond motifs is 6. The molecular formula is C48H32N2. The molecule has 0 aliphatic rings. The molecule has 0 N–H and O–H groups in total. The fourth-order valence-electron chi connectivity index (χ4n) is 6.65. The van der Waals surface area contributed by atoms with E-state index in [1.807, 2.05) is 48.5 Å². The Morgan fingerprint density at radius 3 is 1.36 bits per heavy atom. The average Bonchev–Trinajstić information content (AvgIpc) is 3.84. The van der Waals surface area contributed by atoms with Gasteiger partial charge in [0.15, 0.2) is 0 Å². The normalized spacial score (nSPS) is 16.6. The standard InChI is InChI=1S/C48H32N2/c1-3-12-33(13-4-1)35-22-26-39(27-23-35)49-45-20-9-7-18-41(45)43-31-37(24-28-47(43)49)38-25-29-48-44(32-38)42-19-8-10-21-46(42)50(48)40-17-11-16-36(30-40)34-14-5-2-6-15-34/h1-32H/i1D,2D,3D,4D,5D,6D,11D,12D,13D,14D,15D,16D,17D,22D,23D,26D,27D,30D. The highest BCUT2D eigenvalue weighted by Gasteiger charge is 2.16. The molecule has 2 aromatic heterocycles. The van der Waals surface area contributed by atoms with Gasteiger partial charge in [0.2, 0.25) is 0 Å². The van der Waals surface area contributed by atoms with Gasteiger partial charge in [-0.05, 0) is 93.9 Å². The first-order valence-electron chi connectivity index (χ1n) is 24.7. The minimum Gasteiger partial charge on any atom is -0.309 e. The van der Waals surface area contributed by atoms with Gasteiger partial charge in [0.05, 0.1) is 46.7 Å². The summed E-state index contributed by atoms with van der Waals surface area (Å²) in [6.07, 6.45) is 0. The second-order valence-corrected chi connectivity index (χ2v) is 11.6. The quantitative estimate of drug-likeness (QED) is 0.175. The van der Waals surface area contributed by atoms with Crippen LogP contribution in [0.4, 0.5) is 0 Å². The molecule has 2 heteroatoms. The zero-order valence-corrected chi connectivity index (χ0v) is 26.0. The Balaban J connectivity index is 1.17. The van der Waals surface area contributed by atoms with Crippen LogP contribution in [0.15, 0.2) is 194 Å². The lowest BCUT2D eigenvalue weighted by Crippen LogP contribution is -1.94. The summed E-state index contributed by atoms with van der Waals surface area (Å²) in [6.45, 7) is 0. The van der Waals surface area contributed by atoms with E-state index < -0.39 is 125 Å². The predicted molar refractivity (Wildman–Crippen MR) is 211 cm³/mol. The monoisotopic (exact) mass is 654 g/mol. The predicted octanol–water partition coefficient (Wildman–Crippen LogP) is 12.9. The van der Waals surface area contributed by atoms with Crippen molar-refractivity contribution in [3.8, 4) is 44.8 Å². The van der Waals surface area contributed by atoms with E-state index in [4.69, 9.17) is 20.6 Å². The van der Waals surface area contributed by atoms with Gasteiger partial charge in [0.25, 0.3) is 0 Å². The van der Waals surface area contributed by atoms with Gasteiger partial charge < -0.3 is 9.13 Å². The maximum atomic E-state index is 9.44. The summed E-state index contributed by atoms with van der Waals surface area (Å²) in [7, 11) is 0. The second-order valence-electron chi connectivity index (χ2n) is 11.6. The van der Waals surface area contributed by atoms with E-state index in [0.29, 0.717) is 38.2 Å². The molecule has 0 saturated carbocycles. The maximum absolute atomic E-state index is 9.44. The van der Waals surface area contributed by atoms with Crippen LogP contribution in [0, 0.1) is 0 Å². The third-order valence-electron chi connectivity index (χ3n) is 8.85. The minimum atomic E-state index is -0.666. The lowest BCUT2D eigenvalue weighted by Gasteiger charge is -2.11. The fourth-order valence-corrected chi connectivity index (χ4v) is 6.65. The van der Waals surface area contributed by atoms with E-state index in [0.717, 1.165) is 16.5 Å². The van der Waals surface area contributed by atoms with Gasteiger partial charge in [0.1, 0.15) is 0 Å². The minimum absolute atomic E-state index is 0.101. The lowest BCUT2D eigenvalue weighted by molar-refractivity contribution is 1.18. The van der Waals surface area contributed by atoms with Crippen molar-refractivity contribution in [2.45, 2.75) is 0 Å². The van der Waals surface area contributed by atoms with Crippen molar-refractivity contribution >= 4 is 43.6 Å². The van der Waals surface area contributed by atoms with Crippen LogP contribution in [0.25, 0.3) is 88.4 Å². The third kappa shape index (κ3) is 4.57. The Bertz CT molecular complexity index is 3820. The molecule has 8 aromatic carbocycles. The molecule has 0 aliphatic heterocycles. The number of aromatic nitrogens is 2. The van der Waals surface area contributed by atoms with Crippen molar-refractivity contribution in [2.75, 3.05) is 0 Å². The number of rotatable bonds is 5. The molecule has 0 bridgehead atoms. The first-order chi connectivity index (χ1) is 32.3. The zero-order valence-electron chi connectivity index (χ0n) is 44.0. The van der Waals surface area contributed by atoms with E-state index in [-0.39, 0.29) is 16.9 Å². The third-order valence-corrected chi connectivity index (χ3v) is 8.85. The zero-order chi connectivity index (χ0) is 48.7. The smallest absolute Gasteiger partial charge is 0.0651 e. The van der Waals surface area contributed by atoms with Gasteiger partial charge in [-0.2, -0.15) is 0 Å². The number of para-hydroxylation sites is 2. The molecule has 10 aromatic rings. The first-order valence-corrected chi connectivity index (χ1v) is 15.7. The van der Waals surface area contributed by atoms with Crippen LogP contribution in [0.1, 0.15) is 24.7 Å². The molecule has 50 heavy (non-hydrogen) atoms. The van der Waals surface area contributed by atoms with E-state index in [1.165, 1.54) is 0 Å². The topological polar surface area (TPSA) is 9.86 Å². The molecule has 0 unspecified atom stereocenters. The summed E-state index contributed by atoms with van der Waals surface area (Å²) in [5.74, 6) is 0. The van der Waals surface area contributed by atoms with Crippen molar-refractivity contribution in [1.29, 1.82) is 0 Å². The Hall–Kier alpha value is -6.64. The van der Waals surface area contributed by atoms with Gasteiger partial charge in [-0.25, -0.2) is 0 Å². The fraction of sp³-hybridized carbons (Fsp3) is 0. The highest BCUT2D eigenvalue weighted by Crippen LogP contribution is 2.39. The molecular weight excluding hydrogens is 605 g/mol. The molecule has 0 spiro atoms. The summed E-state index contributed by atoms with van der Waals surface area (Å²) < 4.78 is 159. The number of nitrogens with zero attached hydrogens (tertiary/aromatic N) is 2. The summed E-state index contributed by atoms with van der Waals surface area (Å²) >= 11 is 0. The van der Waals surface area contributed by atoms with Crippen molar-refractivity contribution in [1.82, 2.24) is 9.13 Å². The molecule has 0 aliphatic carbocycles. The van der Waals surface area contributed by atoms with E-state index >= 15 is 0 Å². The molecule has 0 saturated heterocycles. The molecule has 2 heterocycles. The van der Waals surface area contributed by atoms with Crippen molar-refractivity contribution < 1.29 is 24.7 Å². The molecule has 0 amide bonds. The number of hydrogen-bond acceptors (Lipinski definition) is 0. The second kappa shape index (κ2) is 11.5. The number of benzene rings is 8. The van der Waals surface area contributed by atoms with E-state index in [2.05, 4.69) is 0 Å². The Labute approximate surface area is 316 Å². The maximum Gasteiger partial charge on any atom is 0.0651 e. The SMILES string of the molecule is [2H]c1c([2H])c([2H])c(-c2c([2H])c([2H])c(-n3c4ccccc4c4cc(-c5ccc6c(c5)c5ccccc5n6-c5c([2H])c([2H])c([2H])c(-c6c([2H])c([2H])c([2H])c([2H])c6[2H])c5[2H])ccc43)c([2H])c2[2H])c([2H])c1[2H]. The van der Waals surface area contributed by atoms with Gasteiger partial charge in [-0.15, -0.1) is 0 Å². The van der Waals surface area contributed by atoms with Crippen LogP contribution in [0.2, 0.25) is 0 Å². The molecule has 10 rings (SSSR count). The van der Waals surface area contributed by atoms with Crippen LogP contribution in [0.3, 0.4) is 0 Å². The average molecular weight is 655 g/mol.